The average molecular weight is 423 g/mol. The largest absolute Gasteiger partial charge is 0.378 e. The predicted molar refractivity (Wildman–Crippen MR) is 88.5 cm³/mol. The van der Waals surface area contributed by atoms with Crippen LogP contribution in [0, 0.1) is 3.57 Å². The molecule has 1 saturated heterocycles. The maximum atomic E-state index is 12.2. The van der Waals surface area contributed by atoms with Gasteiger partial charge in [-0.1, -0.05) is 11.6 Å². The van der Waals surface area contributed by atoms with Crippen molar-refractivity contribution < 1.29 is 14.3 Å². The van der Waals surface area contributed by atoms with E-state index in [4.69, 9.17) is 16.3 Å². The van der Waals surface area contributed by atoms with Gasteiger partial charge in [-0.3, -0.25) is 9.59 Å². The predicted octanol–water partition coefficient (Wildman–Crippen LogP) is 1.92. The number of hydrogen-bond acceptors (Lipinski definition) is 3. The fraction of sp³-hybridized carbons (Fsp3) is 0.429. The molecule has 2 rings (SSSR count). The quantitative estimate of drug-likeness (QED) is 0.757. The van der Waals surface area contributed by atoms with Gasteiger partial charge < -0.3 is 15.0 Å². The van der Waals surface area contributed by atoms with Gasteiger partial charge in [0.1, 0.15) is 6.04 Å². The normalized spacial score (nSPS) is 16.4. The van der Waals surface area contributed by atoms with E-state index in [0.717, 1.165) is 3.57 Å². The Bertz CT molecular complexity index is 547. The zero-order chi connectivity index (χ0) is 15.4. The van der Waals surface area contributed by atoms with E-state index in [-0.39, 0.29) is 11.8 Å². The molecule has 0 bridgehead atoms. The van der Waals surface area contributed by atoms with Gasteiger partial charge in [-0.05, 0) is 47.7 Å². The van der Waals surface area contributed by atoms with Gasteiger partial charge in [0.25, 0.3) is 5.91 Å². The Morgan fingerprint density at radius 1 is 1.38 bits per heavy atom. The molecule has 2 amide bonds. The van der Waals surface area contributed by atoms with Crippen molar-refractivity contribution in [3.63, 3.8) is 0 Å². The monoisotopic (exact) mass is 422 g/mol. The number of rotatable bonds is 3. The van der Waals surface area contributed by atoms with Crippen LogP contribution in [-0.4, -0.2) is 49.1 Å². The van der Waals surface area contributed by atoms with Crippen LogP contribution in [0.15, 0.2) is 18.2 Å². The molecule has 1 aromatic carbocycles. The summed E-state index contributed by atoms with van der Waals surface area (Å²) in [6, 6.07) is 4.49. The summed E-state index contributed by atoms with van der Waals surface area (Å²) in [6.07, 6.45) is 0. The van der Waals surface area contributed by atoms with Crippen molar-refractivity contribution in [2.45, 2.75) is 13.0 Å². The molecular formula is C14H16ClIN2O3. The van der Waals surface area contributed by atoms with E-state index in [1.54, 1.807) is 30.0 Å². The summed E-state index contributed by atoms with van der Waals surface area (Å²) < 4.78 is 6.09. The third-order valence-corrected chi connectivity index (χ3v) is 4.79. The standard InChI is InChI=1S/C14H16ClIN2O3/c1-9(14(20)18-4-6-21-7-5-18)17-13(19)10-2-3-12(16)11(15)8-10/h2-3,8-9H,4-7H2,1H3,(H,17,19). The molecule has 1 heterocycles. The van der Waals surface area contributed by atoms with Crippen molar-refractivity contribution in [1.82, 2.24) is 10.2 Å². The third kappa shape index (κ3) is 4.31. The minimum Gasteiger partial charge on any atom is -0.378 e. The van der Waals surface area contributed by atoms with E-state index in [9.17, 15) is 9.59 Å². The lowest BCUT2D eigenvalue weighted by Gasteiger charge is -2.29. The molecule has 114 valence electrons. The van der Waals surface area contributed by atoms with E-state index in [0.29, 0.717) is 36.9 Å². The molecule has 1 fully saturated rings. The van der Waals surface area contributed by atoms with E-state index in [1.165, 1.54) is 0 Å². The van der Waals surface area contributed by atoms with Gasteiger partial charge in [0, 0.05) is 22.2 Å². The molecular weight excluding hydrogens is 407 g/mol. The zero-order valence-electron chi connectivity index (χ0n) is 11.6. The van der Waals surface area contributed by atoms with Crippen LogP contribution in [-0.2, 0) is 9.53 Å². The topological polar surface area (TPSA) is 58.6 Å². The fourth-order valence-corrected chi connectivity index (χ4v) is 2.55. The van der Waals surface area contributed by atoms with Crippen molar-refractivity contribution in [1.29, 1.82) is 0 Å². The lowest BCUT2D eigenvalue weighted by Crippen LogP contribution is -2.50. The SMILES string of the molecule is CC(NC(=O)c1ccc(I)c(Cl)c1)C(=O)N1CCOCC1. The molecule has 1 aliphatic rings. The summed E-state index contributed by atoms with van der Waals surface area (Å²) in [5, 5.41) is 3.23. The van der Waals surface area contributed by atoms with Crippen molar-refractivity contribution in [3.8, 4) is 0 Å². The van der Waals surface area contributed by atoms with Crippen LogP contribution >= 0.6 is 34.2 Å². The first-order valence-electron chi connectivity index (χ1n) is 6.61. The highest BCUT2D eigenvalue weighted by atomic mass is 127. The molecule has 21 heavy (non-hydrogen) atoms. The molecule has 0 aliphatic carbocycles. The Balaban J connectivity index is 1.97. The van der Waals surface area contributed by atoms with Crippen LogP contribution in [0.1, 0.15) is 17.3 Å². The highest BCUT2D eigenvalue weighted by Gasteiger charge is 2.24. The molecule has 0 spiro atoms. The van der Waals surface area contributed by atoms with E-state index in [1.807, 2.05) is 0 Å². The fourth-order valence-electron chi connectivity index (χ4n) is 2.04. The Labute approximate surface area is 142 Å². The molecule has 0 saturated carbocycles. The maximum absolute atomic E-state index is 12.2. The molecule has 1 atom stereocenters. The molecule has 1 N–H and O–H groups in total. The number of benzene rings is 1. The van der Waals surface area contributed by atoms with Crippen molar-refractivity contribution in [2.75, 3.05) is 26.3 Å². The Kier molecular flexibility index (Phi) is 5.83. The molecule has 0 radical (unpaired) electrons. The van der Waals surface area contributed by atoms with Crippen LogP contribution in [0.3, 0.4) is 0 Å². The minimum absolute atomic E-state index is 0.0942. The van der Waals surface area contributed by atoms with Gasteiger partial charge >= 0.3 is 0 Å². The Hall–Kier alpha value is -0.860. The first-order valence-corrected chi connectivity index (χ1v) is 8.07. The number of nitrogens with one attached hydrogen (secondary N) is 1. The second-order valence-electron chi connectivity index (χ2n) is 4.76. The number of carbonyl (C=O) groups is 2. The van der Waals surface area contributed by atoms with Gasteiger partial charge in [0.2, 0.25) is 5.91 Å². The summed E-state index contributed by atoms with van der Waals surface area (Å²) in [5.74, 6) is -0.398. The van der Waals surface area contributed by atoms with Crippen molar-refractivity contribution in [2.24, 2.45) is 0 Å². The number of nitrogens with zero attached hydrogens (tertiary/aromatic N) is 1. The zero-order valence-corrected chi connectivity index (χ0v) is 14.5. The second-order valence-corrected chi connectivity index (χ2v) is 6.33. The van der Waals surface area contributed by atoms with Crippen molar-refractivity contribution in [3.05, 3.63) is 32.4 Å². The number of amides is 2. The van der Waals surface area contributed by atoms with Gasteiger partial charge in [-0.25, -0.2) is 0 Å². The van der Waals surface area contributed by atoms with Crippen LogP contribution in [0.25, 0.3) is 0 Å². The molecule has 5 nitrogen and oxygen atoms in total. The minimum atomic E-state index is -0.575. The average Bonchev–Trinajstić information content (AvgIpc) is 2.50. The van der Waals surface area contributed by atoms with Gasteiger partial charge in [0.15, 0.2) is 0 Å². The number of halogens is 2. The van der Waals surface area contributed by atoms with Gasteiger partial charge in [-0.15, -0.1) is 0 Å². The Morgan fingerprint density at radius 2 is 2.05 bits per heavy atom. The van der Waals surface area contributed by atoms with E-state index in [2.05, 4.69) is 27.9 Å². The third-order valence-electron chi connectivity index (χ3n) is 3.22. The summed E-state index contributed by atoms with van der Waals surface area (Å²) >= 11 is 8.10. The summed E-state index contributed by atoms with van der Waals surface area (Å²) in [7, 11) is 0. The highest BCUT2D eigenvalue weighted by molar-refractivity contribution is 14.1. The summed E-state index contributed by atoms with van der Waals surface area (Å²) in [5.41, 5.74) is 0.446. The van der Waals surface area contributed by atoms with Gasteiger partial charge in [0.05, 0.1) is 18.2 Å². The first kappa shape index (κ1) is 16.5. The lowest BCUT2D eigenvalue weighted by molar-refractivity contribution is -0.136. The number of ether oxygens (including phenoxy) is 1. The molecule has 1 unspecified atom stereocenters. The van der Waals surface area contributed by atoms with Crippen LogP contribution in [0.2, 0.25) is 5.02 Å². The van der Waals surface area contributed by atoms with E-state index < -0.39 is 6.04 Å². The van der Waals surface area contributed by atoms with Crippen molar-refractivity contribution >= 4 is 46.0 Å². The highest BCUT2D eigenvalue weighted by Crippen LogP contribution is 2.19. The summed E-state index contributed by atoms with van der Waals surface area (Å²) in [6.45, 7) is 3.89. The maximum Gasteiger partial charge on any atom is 0.251 e. The number of carbonyl (C=O) groups excluding carboxylic acids is 2. The molecule has 1 aliphatic heterocycles. The lowest BCUT2D eigenvalue weighted by atomic mass is 10.2. The second kappa shape index (κ2) is 7.42. The number of morpholine rings is 1. The van der Waals surface area contributed by atoms with Crippen LogP contribution in [0.4, 0.5) is 0 Å². The first-order chi connectivity index (χ1) is 9.99. The van der Waals surface area contributed by atoms with Crippen LogP contribution < -0.4 is 5.32 Å². The summed E-state index contributed by atoms with van der Waals surface area (Å²) in [4.78, 5) is 26.1. The Morgan fingerprint density at radius 3 is 2.67 bits per heavy atom. The molecule has 0 aromatic heterocycles. The van der Waals surface area contributed by atoms with Gasteiger partial charge in [-0.2, -0.15) is 0 Å². The van der Waals surface area contributed by atoms with E-state index >= 15 is 0 Å². The smallest absolute Gasteiger partial charge is 0.251 e. The molecule has 7 heteroatoms. The molecule has 1 aromatic rings. The van der Waals surface area contributed by atoms with Crippen LogP contribution in [0.5, 0.6) is 0 Å². The number of hydrogen-bond donors (Lipinski definition) is 1.